The van der Waals surface area contributed by atoms with Gasteiger partial charge in [0, 0.05) is 0 Å². The Bertz CT molecular complexity index is 1690. The molecule has 6 amide bonds. The third-order valence-electron chi connectivity index (χ3n) is 9.10. The zero-order valence-corrected chi connectivity index (χ0v) is 30.7. The Balaban J connectivity index is 1.74. The van der Waals surface area contributed by atoms with Gasteiger partial charge in [-0.05, 0) is 55.2 Å². The summed E-state index contributed by atoms with van der Waals surface area (Å²) in [4.78, 5) is 104. The standard InChI is InChI=1S/C38H50N6O10/c1-4-12-25(32(47)37(52)40-20-28(46)43-30(33(39)48)22-13-7-5-8-14-22)41-35(50)26(19-21(2)3)42-36(51)31(23-15-9-6-10-16-23)44-34(49)24-17-11-18-27(45)29(24)38(53)54/h5,7-8,11,13-14,17-18,21,23,25-26,30-31,45H,4,6,9-10,12,15-16,19-20H2,1-3H3,(H2,39,48)(H,40,52)(H,41,50)(H,42,51)(H,43,46)(H,44,49)(H,53,54)/t25?,26-,30-,31-/m0/s1. The molecule has 1 fully saturated rings. The van der Waals surface area contributed by atoms with Crippen molar-refractivity contribution in [3.63, 3.8) is 0 Å². The van der Waals surface area contributed by atoms with Crippen molar-refractivity contribution in [2.24, 2.45) is 17.6 Å². The molecule has 16 nitrogen and oxygen atoms in total. The Morgan fingerprint density at radius 3 is 2.06 bits per heavy atom. The second-order valence-electron chi connectivity index (χ2n) is 13.8. The summed E-state index contributed by atoms with van der Waals surface area (Å²) < 4.78 is 0. The number of nitrogens with two attached hydrogens (primary N) is 1. The number of amides is 6. The number of carbonyl (C=O) groups excluding carboxylic acids is 7. The second-order valence-corrected chi connectivity index (χ2v) is 13.8. The Hall–Kier alpha value is -5.80. The maximum atomic E-state index is 13.9. The topological polar surface area (TPSA) is 263 Å². The maximum Gasteiger partial charge on any atom is 0.340 e. The normalized spacial score (nSPS) is 15.1. The minimum Gasteiger partial charge on any atom is -0.507 e. The molecular formula is C38H50N6O10. The van der Waals surface area contributed by atoms with Crippen molar-refractivity contribution >= 4 is 47.2 Å². The van der Waals surface area contributed by atoms with E-state index in [1.807, 2.05) is 13.8 Å². The molecule has 0 aliphatic heterocycles. The number of hydrogen-bond acceptors (Lipinski definition) is 9. The van der Waals surface area contributed by atoms with E-state index in [2.05, 4.69) is 26.6 Å². The molecule has 2 aromatic carbocycles. The van der Waals surface area contributed by atoms with Crippen molar-refractivity contribution in [2.75, 3.05) is 6.54 Å². The van der Waals surface area contributed by atoms with Gasteiger partial charge in [-0.3, -0.25) is 33.6 Å². The van der Waals surface area contributed by atoms with Gasteiger partial charge in [-0.25, -0.2) is 4.79 Å². The number of Topliss-reactive ketones (excluding diaryl/α,β-unsaturated/α-hetero) is 1. The third-order valence-corrected chi connectivity index (χ3v) is 9.10. The van der Waals surface area contributed by atoms with Gasteiger partial charge in [-0.15, -0.1) is 0 Å². The van der Waals surface area contributed by atoms with E-state index >= 15 is 0 Å². The Kier molecular flexibility index (Phi) is 16.1. The van der Waals surface area contributed by atoms with Crippen molar-refractivity contribution < 1.29 is 48.6 Å². The molecule has 1 aliphatic rings. The highest BCUT2D eigenvalue weighted by Crippen LogP contribution is 2.28. The van der Waals surface area contributed by atoms with Crippen LogP contribution in [0.3, 0.4) is 0 Å². The lowest BCUT2D eigenvalue weighted by atomic mass is 9.83. The largest absolute Gasteiger partial charge is 0.507 e. The summed E-state index contributed by atoms with van der Waals surface area (Å²) in [6.07, 6.45) is 4.24. The number of benzene rings is 2. The molecule has 0 spiro atoms. The molecule has 1 saturated carbocycles. The molecular weight excluding hydrogens is 700 g/mol. The van der Waals surface area contributed by atoms with Gasteiger partial charge < -0.3 is 42.5 Å². The molecule has 2 aromatic rings. The lowest BCUT2D eigenvalue weighted by molar-refractivity contribution is -0.141. The summed E-state index contributed by atoms with van der Waals surface area (Å²) in [6, 6.07) is 7.02. The predicted octanol–water partition coefficient (Wildman–Crippen LogP) is 1.61. The van der Waals surface area contributed by atoms with Crippen molar-refractivity contribution in [3.8, 4) is 5.75 Å². The van der Waals surface area contributed by atoms with Crippen molar-refractivity contribution in [1.29, 1.82) is 0 Å². The summed E-state index contributed by atoms with van der Waals surface area (Å²) in [7, 11) is 0. The number of aromatic hydroxyl groups is 1. The van der Waals surface area contributed by atoms with Crippen molar-refractivity contribution in [3.05, 3.63) is 65.2 Å². The van der Waals surface area contributed by atoms with E-state index in [-0.39, 0.29) is 30.2 Å². The van der Waals surface area contributed by atoms with Crippen LogP contribution in [0.4, 0.5) is 0 Å². The number of rotatable bonds is 19. The number of carboxylic acids is 1. The van der Waals surface area contributed by atoms with Crippen molar-refractivity contribution in [1.82, 2.24) is 26.6 Å². The molecule has 0 radical (unpaired) electrons. The van der Waals surface area contributed by atoms with Crippen molar-refractivity contribution in [2.45, 2.75) is 96.3 Å². The first-order chi connectivity index (χ1) is 25.6. The van der Waals surface area contributed by atoms with Crippen LogP contribution in [0.25, 0.3) is 0 Å². The smallest absolute Gasteiger partial charge is 0.340 e. The number of carbonyl (C=O) groups is 8. The van der Waals surface area contributed by atoms with Crippen LogP contribution >= 0.6 is 0 Å². The van der Waals surface area contributed by atoms with E-state index in [0.717, 1.165) is 25.3 Å². The first-order valence-corrected chi connectivity index (χ1v) is 18.1. The van der Waals surface area contributed by atoms with Gasteiger partial charge in [0.25, 0.3) is 11.8 Å². The number of nitrogens with one attached hydrogen (secondary N) is 5. The minimum atomic E-state index is -1.53. The molecule has 292 valence electrons. The quantitative estimate of drug-likeness (QED) is 0.0962. The summed E-state index contributed by atoms with van der Waals surface area (Å²) in [5.41, 5.74) is 4.90. The van der Waals surface area contributed by atoms with Gasteiger partial charge in [-0.2, -0.15) is 0 Å². The zero-order valence-electron chi connectivity index (χ0n) is 30.7. The molecule has 4 atom stereocenters. The monoisotopic (exact) mass is 750 g/mol. The van der Waals surface area contributed by atoms with E-state index < -0.39 is 89.2 Å². The first kappa shape index (κ1) is 42.6. The highest BCUT2D eigenvalue weighted by atomic mass is 16.4. The van der Waals surface area contributed by atoms with Crippen LogP contribution in [0.1, 0.15) is 104 Å². The first-order valence-electron chi connectivity index (χ1n) is 18.1. The second kappa shape index (κ2) is 20.4. The maximum absolute atomic E-state index is 13.9. The van der Waals surface area contributed by atoms with Gasteiger partial charge in [0.15, 0.2) is 0 Å². The number of carboxylic acid groups (broad SMARTS) is 1. The molecule has 0 heterocycles. The number of hydrogen-bond donors (Lipinski definition) is 8. The third kappa shape index (κ3) is 12.1. The fourth-order valence-corrected chi connectivity index (χ4v) is 6.41. The van der Waals surface area contributed by atoms with Crippen LogP contribution in [0.15, 0.2) is 48.5 Å². The molecule has 54 heavy (non-hydrogen) atoms. The Labute approximate surface area is 313 Å². The van der Waals surface area contributed by atoms with Gasteiger partial charge in [-0.1, -0.05) is 82.9 Å². The van der Waals surface area contributed by atoms with Crippen LogP contribution in [0.2, 0.25) is 0 Å². The van der Waals surface area contributed by atoms with E-state index in [0.29, 0.717) is 24.8 Å². The van der Waals surface area contributed by atoms with Gasteiger partial charge in [0.05, 0.1) is 18.2 Å². The zero-order chi connectivity index (χ0) is 39.9. The lowest BCUT2D eigenvalue weighted by Crippen LogP contribution is -2.58. The molecule has 1 aliphatic carbocycles. The fourth-order valence-electron chi connectivity index (χ4n) is 6.41. The summed E-state index contributed by atoms with van der Waals surface area (Å²) in [5.74, 6) is -8.76. The van der Waals surface area contributed by atoms with Crippen LogP contribution in [-0.2, 0) is 28.8 Å². The molecule has 0 aromatic heterocycles. The minimum absolute atomic E-state index is 0.0564. The fraction of sp³-hybridized carbons (Fsp3) is 0.474. The highest BCUT2D eigenvalue weighted by Gasteiger charge is 2.36. The number of primary amides is 1. The van der Waals surface area contributed by atoms with Crippen LogP contribution in [0, 0.1) is 11.8 Å². The molecule has 3 rings (SSSR count). The van der Waals surface area contributed by atoms with Crippen LogP contribution < -0.4 is 32.3 Å². The van der Waals surface area contributed by atoms with E-state index in [9.17, 15) is 48.6 Å². The van der Waals surface area contributed by atoms with Gasteiger partial charge in [0.1, 0.15) is 29.4 Å². The van der Waals surface area contributed by atoms with Crippen LogP contribution in [0.5, 0.6) is 5.75 Å². The average Bonchev–Trinajstić information content (AvgIpc) is 3.14. The average molecular weight is 751 g/mol. The summed E-state index contributed by atoms with van der Waals surface area (Å²) in [5, 5.41) is 32.3. The van der Waals surface area contributed by atoms with Gasteiger partial charge in [0.2, 0.25) is 29.4 Å². The SMILES string of the molecule is CCCC(NC(=O)[C@H](CC(C)C)NC(=O)[C@@H](NC(=O)c1cccc(O)c1C(=O)O)C1CCCCC1)C(=O)C(=O)NCC(=O)N[C@H](C(N)=O)c1ccccc1. The molecule has 0 bridgehead atoms. The molecule has 0 saturated heterocycles. The number of ketones is 1. The molecule has 16 heteroatoms. The predicted molar refractivity (Wildman–Crippen MR) is 196 cm³/mol. The number of phenols is 1. The van der Waals surface area contributed by atoms with E-state index in [1.54, 1.807) is 37.3 Å². The van der Waals surface area contributed by atoms with Crippen LogP contribution in [-0.4, -0.2) is 82.1 Å². The summed E-state index contributed by atoms with van der Waals surface area (Å²) in [6.45, 7) is 4.70. The lowest BCUT2D eigenvalue weighted by Gasteiger charge is -2.32. The Morgan fingerprint density at radius 2 is 1.46 bits per heavy atom. The number of aromatic carboxylic acids is 1. The van der Waals surface area contributed by atoms with E-state index in [4.69, 9.17) is 5.73 Å². The molecule has 1 unspecified atom stereocenters. The highest BCUT2D eigenvalue weighted by molar-refractivity contribution is 6.38. The van der Waals surface area contributed by atoms with Gasteiger partial charge >= 0.3 is 5.97 Å². The van der Waals surface area contributed by atoms with E-state index in [1.165, 1.54) is 12.1 Å². The Morgan fingerprint density at radius 1 is 0.815 bits per heavy atom. The molecule has 9 N–H and O–H groups in total. The summed E-state index contributed by atoms with van der Waals surface area (Å²) >= 11 is 0.